The van der Waals surface area contributed by atoms with Crippen LogP contribution in [0.1, 0.15) is 18.9 Å². The van der Waals surface area contributed by atoms with Gasteiger partial charge in [-0.1, -0.05) is 23.8 Å². The second kappa shape index (κ2) is 7.21. The molecule has 0 heterocycles. The molecule has 0 amide bonds. The van der Waals surface area contributed by atoms with Gasteiger partial charge in [-0.3, -0.25) is 0 Å². The van der Waals surface area contributed by atoms with Crippen molar-refractivity contribution >= 4 is 16.0 Å². The molecule has 1 N–H and O–H groups in total. The molecule has 5 nitrogen and oxygen atoms in total. The molecule has 6 heteroatoms. The summed E-state index contributed by atoms with van der Waals surface area (Å²) in [6.07, 6.45) is 3.25. The molecule has 0 unspecified atom stereocenters. The molecule has 1 aromatic rings. The van der Waals surface area contributed by atoms with Crippen LogP contribution in [-0.2, 0) is 19.6 Å². The van der Waals surface area contributed by atoms with Crippen molar-refractivity contribution in [2.45, 2.75) is 31.2 Å². The lowest BCUT2D eigenvalue weighted by molar-refractivity contribution is -0.134. The summed E-state index contributed by atoms with van der Waals surface area (Å²) in [4.78, 5) is 11.1. The van der Waals surface area contributed by atoms with Crippen molar-refractivity contribution in [3.8, 4) is 0 Å². The fraction of sp³-hybridized carbons (Fsp3) is 0.357. The topological polar surface area (TPSA) is 72.5 Å². The lowest BCUT2D eigenvalue weighted by atomic mass is 10.2. The van der Waals surface area contributed by atoms with Crippen molar-refractivity contribution in [3.63, 3.8) is 0 Å². The Morgan fingerprint density at radius 1 is 1.35 bits per heavy atom. The summed E-state index contributed by atoms with van der Waals surface area (Å²) in [5, 5.41) is 0. The average Bonchev–Trinajstić information content (AvgIpc) is 2.38. The summed E-state index contributed by atoms with van der Waals surface area (Å²) in [7, 11) is -2.24. The highest BCUT2D eigenvalue weighted by atomic mass is 32.2. The number of methoxy groups -OCH3 is 1. The van der Waals surface area contributed by atoms with E-state index in [1.807, 2.05) is 6.92 Å². The molecule has 1 rings (SSSR count). The number of hydrogen-bond donors (Lipinski definition) is 1. The molecule has 0 spiro atoms. The summed E-state index contributed by atoms with van der Waals surface area (Å²) in [5.74, 6) is -0.460. The molecule has 0 aromatic heterocycles. The van der Waals surface area contributed by atoms with Crippen molar-refractivity contribution in [3.05, 3.63) is 42.0 Å². The Kier molecular flexibility index (Phi) is 5.91. The minimum absolute atomic E-state index is 0.229. The third-order valence-electron chi connectivity index (χ3n) is 2.63. The zero-order chi connectivity index (χ0) is 15.2. The van der Waals surface area contributed by atoms with Gasteiger partial charge in [0.2, 0.25) is 10.0 Å². The number of nitrogens with one attached hydrogen (secondary N) is 1. The first-order valence-electron chi connectivity index (χ1n) is 6.18. The van der Waals surface area contributed by atoms with Gasteiger partial charge in [-0.2, -0.15) is 0 Å². The zero-order valence-corrected chi connectivity index (χ0v) is 12.6. The van der Waals surface area contributed by atoms with Crippen LogP contribution in [0.3, 0.4) is 0 Å². The van der Waals surface area contributed by atoms with E-state index in [1.54, 1.807) is 37.3 Å². The van der Waals surface area contributed by atoms with Crippen LogP contribution >= 0.6 is 0 Å². The van der Waals surface area contributed by atoms with Crippen LogP contribution in [0.25, 0.3) is 0 Å². The molecule has 0 aliphatic rings. The summed E-state index contributed by atoms with van der Waals surface area (Å²) in [6, 6.07) is 6.30. The lowest BCUT2D eigenvalue weighted by Gasteiger charge is -2.12. The highest BCUT2D eigenvalue weighted by molar-refractivity contribution is 7.89. The van der Waals surface area contributed by atoms with Crippen LogP contribution in [0.4, 0.5) is 0 Å². The minimum Gasteiger partial charge on any atom is -0.466 e. The Morgan fingerprint density at radius 3 is 2.50 bits per heavy atom. The molecule has 0 aliphatic carbocycles. The van der Waals surface area contributed by atoms with Crippen LogP contribution < -0.4 is 4.72 Å². The highest BCUT2D eigenvalue weighted by Gasteiger charge is 2.16. The summed E-state index contributed by atoms with van der Waals surface area (Å²) >= 11 is 0. The number of sulfonamides is 1. The molecule has 20 heavy (non-hydrogen) atoms. The quantitative estimate of drug-likeness (QED) is 0.641. The summed E-state index contributed by atoms with van der Waals surface area (Å²) in [5.41, 5.74) is 0.998. The van der Waals surface area contributed by atoms with Gasteiger partial charge in [0.25, 0.3) is 0 Å². The summed E-state index contributed by atoms with van der Waals surface area (Å²) < 4.78 is 31.2. The number of carbonyl (C=O) groups is 1. The molecule has 0 saturated carbocycles. The van der Waals surface area contributed by atoms with Gasteiger partial charge in [-0.05, 0) is 32.4 Å². The largest absolute Gasteiger partial charge is 0.466 e. The van der Waals surface area contributed by atoms with E-state index in [0.29, 0.717) is 6.42 Å². The first kappa shape index (κ1) is 16.4. The summed E-state index contributed by atoms with van der Waals surface area (Å²) in [6.45, 7) is 3.62. The molecular weight excluding hydrogens is 278 g/mol. The average molecular weight is 297 g/mol. The smallest absolute Gasteiger partial charge is 0.330 e. The van der Waals surface area contributed by atoms with Gasteiger partial charge in [-0.15, -0.1) is 0 Å². The van der Waals surface area contributed by atoms with Gasteiger partial charge in [0.15, 0.2) is 0 Å². The number of benzene rings is 1. The van der Waals surface area contributed by atoms with Crippen LogP contribution in [-0.4, -0.2) is 27.5 Å². The van der Waals surface area contributed by atoms with E-state index in [4.69, 9.17) is 0 Å². The third-order valence-corrected chi connectivity index (χ3v) is 4.24. The van der Waals surface area contributed by atoms with Gasteiger partial charge < -0.3 is 4.74 Å². The molecule has 0 saturated heterocycles. The van der Waals surface area contributed by atoms with Crippen LogP contribution in [0.2, 0.25) is 0 Å². The Hall–Kier alpha value is -1.66. The SMILES string of the molecule is COC(=O)/C=C\C[C@H](C)NS(=O)(=O)c1ccc(C)cc1. The second-order valence-electron chi connectivity index (χ2n) is 4.50. The maximum atomic E-state index is 12.1. The van der Waals surface area contributed by atoms with Crippen molar-refractivity contribution in [2.75, 3.05) is 7.11 Å². The van der Waals surface area contributed by atoms with Gasteiger partial charge in [0, 0.05) is 12.1 Å². The molecule has 110 valence electrons. The van der Waals surface area contributed by atoms with E-state index in [0.717, 1.165) is 5.56 Å². The predicted molar refractivity (Wildman–Crippen MR) is 76.7 cm³/mol. The fourth-order valence-electron chi connectivity index (χ4n) is 1.53. The van der Waals surface area contributed by atoms with E-state index in [-0.39, 0.29) is 10.9 Å². The lowest BCUT2D eigenvalue weighted by Crippen LogP contribution is -2.32. The maximum absolute atomic E-state index is 12.1. The minimum atomic E-state index is -3.53. The van der Waals surface area contributed by atoms with E-state index in [9.17, 15) is 13.2 Å². The number of rotatable bonds is 6. The van der Waals surface area contributed by atoms with Crippen LogP contribution in [0.5, 0.6) is 0 Å². The van der Waals surface area contributed by atoms with E-state index in [2.05, 4.69) is 9.46 Å². The van der Waals surface area contributed by atoms with Crippen molar-refractivity contribution in [2.24, 2.45) is 0 Å². The molecule has 0 fully saturated rings. The molecule has 0 radical (unpaired) electrons. The van der Waals surface area contributed by atoms with Gasteiger partial charge in [-0.25, -0.2) is 17.9 Å². The normalized spacial score (nSPS) is 13.3. The number of carbonyl (C=O) groups excluding carboxylic acids is 1. The van der Waals surface area contributed by atoms with Gasteiger partial charge in [0.05, 0.1) is 12.0 Å². The van der Waals surface area contributed by atoms with E-state index >= 15 is 0 Å². The highest BCUT2D eigenvalue weighted by Crippen LogP contribution is 2.11. The monoisotopic (exact) mass is 297 g/mol. The van der Waals surface area contributed by atoms with Crippen molar-refractivity contribution in [1.82, 2.24) is 4.72 Å². The number of hydrogen-bond acceptors (Lipinski definition) is 4. The van der Waals surface area contributed by atoms with Gasteiger partial charge in [0.1, 0.15) is 0 Å². The van der Waals surface area contributed by atoms with Crippen molar-refractivity contribution < 1.29 is 17.9 Å². The van der Waals surface area contributed by atoms with E-state index < -0.39 is 16.0 Å². The molecule has 1 aromatic carbocycles. The molecule has 0 aliphatic heterocycles. The number of esters is 1. The van der Waals surface area contributed by atoms with E-state index in [1.165, 1.54) is 13.2 Å². The Balaban J connectivity index is 2.64. The molecule has 1 atom stereocenters. The molecular formula is C14H19NO4S. The number of aryl methyl sites for hydroxylation is 1. The standard InChI is InChI=1S/C14H19NO4S/c1-11-7-9-13(10-8-11)20(17,18)15-12(2)5-4-6-14(16)19-3/h4,6-10,12,15H,5H2,1-3H3/b6-4-/t12-/m0/s1. The Morgan fingerprint density at radius 2 is 1.95 bits per heavy atom. The van der Waals surface area contributed by atoms with Crippen molar-refractivity contribution in [1.29, 1.82) is 0 Å². The first-order valence-corrected chi connectivity index (χ1v) is 7.67. The second-order valence-corrected chi connectivity index (χ2v) is 6.21. The van der Waals surface area contributed by atoms with Crippen LogP contribution in [0.15, 0.2) is 41.3 Å². The molecule has 0 bridgehead atoms. The predicted octanol–water partition coefficient (Wildman–Crippen LogP) is 1.78. The zero-order valence-electron chi connectivity index (χ0n) is 11.8. The Labute approximate surface area is 119 Å². The third kappa shape index (κ3) is 5.14. The fourth-order valence-corrected chi connectivity index (χ4v) is 2.79. The van der Waals surface area contributed by atoms with Gasteiger partial charge >= 0.3 is 5.97 Å². The first-order chi connectivity index (χ1) is 9.35. The van der Waals surface area contributed by atoms with Crippen LogP contribution in [0, 0.1) is 6.92 Å². The number of ether oxygens (including phenoxy) is 1. The Bertz CT molecular complexity index is 576. The maximum Gasteiger partial charge on any atom is 0.330 e.